The molecule has 6 heteroatoms. The number of amides is 1. The molecule has 3 rings (SSSR count). The van der Waals surface area contributed by atoms with E-state index in [4.69, 9.17) is 4.42 Å². The van der Waals surface area contributed by atoms with Crippen LogP contribution in [-0.2, 0) is 11.2 Å². The van der Waals surface area contributed by atoms with E-state index in [0.717, 1.165) is 12.0 Å². The van der Waals surface area contributed by atoms with Gasteiger partial charge in [-0.05, 0) is 38.0 Å². The first-order valence-corrected chi connectivity index (χ1v) is 9.38. The van der Waals surface area contributed by atoms with Crippen LogP contribution in [0, 0.1) is 6.92 Å². The van der Waals surface area contributed by atoms with Gasteiger partial charge in [0.25, 0.3) is 5.22 Å². The highest BCUT2D eigenvalue weighted by atomic mass is 32.2. The number of hydrogen-bond donors (Lipinski definition) is 1. The number of nitrogens with zero attached hydrogens (tertiary/aromatic N) is 2. The predicted molar refractivity (Wildman–Crippen MR) is 103 cm³/mol. The van der Waals surface area contributed by atoms with Gasteiger partial charge in [0.15, 0.2) is 0 Å². The molecule has 1 heterocycles. The normalized spacial score (nSPS) is 11.9. The summed E-state index contributed by atoms with van der Waals surface area (Å²) in [6.07, 6.45) is 0.808. The van der Waals surface area contributed by atoms with Crippen LogP contribution in [0.3, 0.4) is 0 Å². The van der Waals surface area contributed by atoms with Crippen LogP contribution in [0.15, 0.2) is 64.2 Å². The first kappa shape index (κ1) is 18.2. The maximum atomic E-state index is 12.2. The van der Waals surface area contributed by atoms with Crippen LogP contribution in [0.2, 0.25) is 0 Å². The number of benzene rings is 2. The van der Waals surface area contributed by atoms with Crippen molar-refractivity contribution in [2.24, 2.45) is 0 Å². The fourth-order valence-corrected chi connectivity index (χ4v) is 3.10. The Bertz CT molecular complexity index is 847. The Hall–Kier alpha value is -2.60. The molecule has 0 fully saturated rings. The van der Waals surface area contributed by atoms with Gasteiger partial charge in [-0.1, -0.05) is 59.8 Å². The van der Waals surface area contributed by atoms with E-state index in [1.165, 1.54) is 22.9 Å². The molecule has 1 atom stereocenters. The lowest BCUT2D eigenvalue weighted by molar-refractivity contribution is -0.120. The molecule has 5 nitrogen and oxygen atoms in total. The number of aryl methyl sites for hydroxylation is 1. The standard InChI is InChI=1S/C20H21N3O2S/c1-14-8-10-17(11-9-14)19-22-23-20(25-19)26-15(2)18(24)21-13-12-16-6-4-3-5-7-16/h3-11,15H,12-13H2,1-2H3,(H,21,24). The third kappa shape index (κ3) is 4.95. The number of rotatable bonds is 7. The fourth-order valence-electron chi connectivity index (χ4n) is 2.39. The van der Waals surface area contributed by atoms with Gasteiger partial charge in [-0.15, -0.1) is 10.2 Å². The molecule has 1 amide bonds. The van der Waals surface area contributed by atoms with Crippen LogP contribution in [0.25, 0.3) is 11.5 Å². The molecular formula is C20H21N3O2S. The number of nitrogens with one attached hydrogen (secondary N) is 1. The molecule has 0 saturated heterocycles. The van der Waals surface area contributed by atoms with E-state index < -0.39 is 0 Å². The highest BCUT2D eigenvalue weighted by Crippen LogP contribution is 2.26. The van der Waals surface area contributed by atoms with Crippen molar-refractivity contribution in [2.45, 2.75) is 30.7 Å². The quantitative estimate of drug-likeness (QED) is 0.642. The van der Waals surface area contributed by atoms with Crippen molar-refractivity contribution in [1.82, 2.24) is 15.5 Å². The van der Waals surface area contributed by atoms with Gasteiger partial charge in [-0.3, -0.25) is 4.79 Å². The molecule has 2 aromatic carbocycles. The number of carbonyl (C=O) groups is 1. The van der Waals surface area contributed by atoms with Crippen LogP contribution in [-0.4, -0.2) is 27.9 Å². The minimum Gasteiger partial charge on any atom is -0.411 e. The summed E-state index contributed by atoms with van der Waals surface area (Å²) in [4.78, 5) is 12.2. The van der Waals surface area contributed by atoms with E-state index in [0.29, 0.717) is 17.7 Å². The SMILES string of the molecule is Cc1ccc(-c2nnc(SC(C)C(=O)NCCc3ccccc3)o2)cc1. The van der Waals surface area contributed by atoms with Crippen molar-refractivity contribution in [3.05, 3.63) is 65.7 Å². The summed E-state index contributed by atoms with van der Waals surface area (Å²) in [6, 6.07) is 18.0. The van der Waals surface area contributed by atoms with Gasteiger partial charge in [0.2, 0.25) is 11.8 Å². The van der Waals surface area contributed by atoms with Gasteiger partial charge >= 0.3 is 0 Å². The second kappa shape index (κ2) is 8.67. The summed E-state index contributed by atoms with van der Waals surface area (Å²) in [5, 5.41) is 11.1. The van der Waals surface area contributed by atoms with Crippen molar-refractivity contribution in [2.75, 3.05) is 6.54 Å². The highest BCUT2D eigenvalue weighted by Gasteiger charge is 2.18. The second-order valence-electron chi connectivity index (χ2n) is 6.03. The summed E-state index contributed by atoms with van der Waals surface area (Å²) in [7, 11) is 0. The molecule has 26 heavy (non-hydrogen) atoms. The first-order valence-electron chi connectivity index (χ1n) is 8.50. The zero-order valence-corrected chi connectivity index (χ0v) is 15.6. The number of thioether (sulfide) groups is 1. The van der Waals surface area contributed by atoms with Gasteiger partial charge in [-0.25, -0.2) is 0 Å². The van der Waals surface area contributed by atoms with Gasteiger partial charge < -0.3 is 9.73 Å². The number of hydrogen-bond acceptors (Lipinski definition) is 5. The number of carbonyl (C=O) groups excluding carboxylic acids is 1. The molecule has 1 unspecified atom stereocenters. The Morgan fingerprint density at radius 2 is 1.85 bits per heavy atom. The van der Waals surface area contributed by atoms with Crippen molar-refractivity contribution < 1.29 is 9.21 Å². The van der Waals surface area contributed by atoms with E-state index in [9.17, 15) is 4.79 Å². The van der Waals surface area contributed by atoms with Gasteiger partial charge in [-0.2, -0.15) is 0 Å². The van der Waals surface area contributed by atoms with Crippen LogP contribution < -0.4 is 5.32 Å². The Kier molecular flexibility index (Phi) is 6.07. The Labute approximate surface area is 157 Å². The molecular weight excluding hydrogens is 346 g/mol. The molecule has 1 aromatic heterocycles. The zero-order chi connectivity index (χ0) is 18.4. The Balaban J connectivity index is 1.50. The molecule has 1 N–H and O–H groups in total. The van der Waals surface area contributed by atoms with E-state index in [2.05, 4.69) is 27.6 Å². The number of aromatic nitrogens is 2. The van der Waals surface area contributed by atoms with Crippen LogP contribution >= 0.6 is 11.8 Å². The highest BCUT2D eigenvalue weighted by molar-refractivity contribution is 8.00. The minimum absolute atomic E-state index is 0.0407. The lowest BCUT2D eigenvalue weighted by atomic mass is 10.1. The van der Waals surface area contributed by atoms with Gasteiger partial charge in [0.05, 0.1) is 5.25 Å². The summed E-state index contributed by atoms with van der Waals surface area (Å²) in [6.45, 7) is 4.46. The van der Waals surface area contributed by atoms with Crippen molar-refractivity contribution >= 4 is 17.7 Å². The van der Waals surface area contributed by atoms with E-state index >= 15 is 0 Å². The maximum Gasteiger partial charge on any atom is 0.277 e. The summed E-state index contributed by atoms with van der Waals surface area (Å²) in [5.41, 5.74) is 3.24. The third-order valence-corrected chi connectivity index (χ3v) is 4.84. The Morgan fingerprint density at radius 1 is 1.12 bits per heavy atom. The molecule has 0 aliphatic carbocycles. The molecule has 3 aromatic rings. The molecule has 0 saturated carbocycles. The minimum atomic E-state index is -0.308. The van der Waals surface area contributed by atoms with Crippen LogP contribution in [0.5, 0.6) is 0 Å². The van der Waals surface area contributed by atoms with Crippen molar-refractivity contribution in [3.63, 3.8) is 0 Å². The topological polar surface area (TPSA) is 68.0 Å². The summed E-state index contributed by atoms with van der Waals surface area (Å²) >= 11 is 1.26. The average Bonchev–Trinajstić information content (AvgIpc) is 3.11. The summed E-state index contributed by atoms with van der Waals surface area (Å²) in [5.74, 6) is 0.421. The largest absolute Gasteiger partial charge is 0.411 e. The Morgan fingerprint density at radius 3 is 2.58 bits per heavy atom. The second-order valence-corrected chi connectivity index (χ2v) is 7.32. The van der Waals surface area contributed by atoms with Crippen LogP contribution in [0.4, 0.5) is 0 Å². The van der Waals surface area contributed by atoms with E-state index in [1.54, 1.807) is 0 Å². The van der Waals surface area contributed by atoms with Gasteiger partial charge in [0, 0.05) is 12.1 Å². The molecule has 0 radical (unpaired) electrons. The molecule has 0 bridgehead atoms. The van der Waals surface area contributed by atoms with Crippen molar-refractivity contribution in [1.29, 1.82) is 0 Å². The van der Waals surface area contributed by atoms with Crippen molar-refractivity contribution in [3.8, 4) is 11.5 Å². The molecule has 134 valence electrons. The predicted octanol–water partition coefficient (Wildman–Crippen LogP) is 3.88. The van der Waals surface area contributed by atoms with Gasteiger partial charge in [0.1, 0.15) is 0 Å². The fraction of sp³-hybridized carbons (Fsp3) is 0.250. The van der Waals surface area contributed by atoms with E-state index in [-0.39, 0.29) is 11.2 Å². The maximum absolute atomic E-state index is 12.2. The van der Waals surface area contributed by atoms with Crippen LogP contribution in [0.1, 0.15) is 18.1 Å². The average molecular weight is 367 g/mol. The summed E-state index contributed by atoms with van der Waals surface area (Å²) < 4.78 is 5.66. The molecule has 0 spiro atoms. The molecule has 0 aliphatic rings. The lowest BCUT2D eigenvalue weighted by Gasteiger charge is -2.09. The molecule has 0 aliphatic heterocycles. The van der Waals surface area contributed by atoms with E-state index in [1.807, 2.05) is 56.3 Å². The monoisotopic (exact) mass is 367 g/mol. The first-order chi connectivity index (χ1) is 12.6. The zero-order valence-electron chi connectivity index (χ0n) is 14.8. The third-order valence-electron chi connectivity index (χ3n) is 3.91. The lowest BCUT2D eigenvalue weighted by Crippen LogP contribution is -2.32. The smallest absolute Gasteiger partial charge is 0.277 e.